The van der Waals surface area contributed by atoms with Crippen molar-refractivity contribution in [3.8, 4) is 0 Å². The SMILES string of the molecule is Nc1c(C2CCN(Cc3ccccc3)CC2)cc[nH]c1=O. The molecule has 0 amide bonds. The van der Waals surface area contributed by atoms with Crippen LogP contribution in [0, 0.1) is 0 Å². The number of likely N-dealkylation sites (tertiary alicyclic amines) is 1. The smallest absolute Gasteiger partial charge is 0.271 e. The fraction of sp³-hybridized carbons (Fsp3) is 0.353. The minimum Gasteiger partial charge on any atom is -0.394 e. The normalized spacial score (nSPS) is 17.0. The van der Waals surface area contributed by atoms with Gasteiger partial charge >= 0.3 is 0 Å². The van der Waals surface area contributed by atoms with Gasteiger partial charge < -0.3 is 10.7 Å². The molecule has 1 aliphatic heterocycles. The van der Waals surface area contributed by atoms with Gasteiger partial charge in [-0.15, -0.1) is 0 Å². The van der Waals surface area contributed by atoms with E-state index < -0.39 is 0 Å². The molecule has 110 valence electrons. The maximum absolute atomic E-state index is 11.6. The van der Waals surface area contributed by atoms with Gasteiger partial charge in [-0.05, 0) is 49.0 Å². The fourth-order valence-corrected chi connectivity index (χ4v) is 3.11. The molecule has 0 radical (unpaired) electrons. The lowest BCUT2D eigenvalue weighted by molar-refractivity contribution is 0.205. The van der Waals surface area contributed by atoms with Gasteiger partial charge in [0.1, 0.15) is 5.69 Å². The zero-order valence-corrected chi connectivity index (χ0v) is 12.1. The van der Waals surface area contributed by atoms with Gasteiger partial charge in [0.15, 0.2) is 0 Å². The number of pyridine rings is 1. The van der Waals surface area contributed by atoms with Crippen molar-refractivity contribution in [1.29, 1.82) is 0 Å². The summed E-state index contributed by atoms with van der Waals surface area (Å²) in [6.45, 7) is 3.09. The zero-order valence-electron chi connectivity index (χ0n) is 12.1. The molecule has 1 aliphatic rings. The van der Waals surface area contributed by atoms with E-state index in [1.165, 1.54) is 5.56 Å². The Labute approximate surface area is 124 Å². The van der Waals surface area contributed by atoms with E-state index >= 15 is 0 Å². The molecule has 2 aromatic rings. The van der Waals surface area contributed by atoms with E-state index in [0.29, 0.717) is 11.6 Å². The van der Waals surface area contributed by atoms with Gasteiger partial charge in [0, 0.05) is 12.7 Å². The van der Waals surface area contributed by atoms with E-state index in [-0.39, 0.29) is 5.56 Å². The highest BCUT2D eigenvalue weighted by molar-refractivity contribution is 5.46. The third-order valence-electron chi connectivity index (χ3n) is 4.31. The molecule has 1 aromatic carbocycles. The second-order valence-corrected chi connectivity index (χ2v) is 5.71. The van der Waals surface area contributed by atoms with E-state index in [4.69, 9.17) is 5.73 Å². The summed E-state index contributed by atoms with van der Waals surface area (Å²) in [4.78, 5) is 16.7. The van der Waals surface area contributed by atoms with Crippen LogP contribution < -0.4 is 11.3 Å². The first-order chi connectivity index (χ1) is 10.2. The van der Waals surface area contributed by atoms with Crippen LogP contribution >= 0.6 is 0 Å². The lowest BCUT2D eigenvalue weighted by atomic mass is 9.89. The lowest BCUT2D eigenvalue weighted by Crippen LogP contribution is -2.33. The maximum atomic E-state index is 11.6. The van der Waals surface area contributed by atoms with Gasteiger partial charge in [0.2, 0.25) is 0 Å². The molecule has 21 heavy (non-hydrogen) atoms. The first kappa shape index (κ1) is 13.9. The van der Waals surface area contributed by atoms with Crippen molar-refractivity contribution in [2.24, 2.45) is 0 Å². The van der Waals surface area contributed by atoms with E-state index in [2.05, 4.69) is 34.1 Å². The number of H-pyrrole nitrogens is 1. The van der Waals surface area contributed by atoms with Gasteiger partial charge in [-0.25, -0.2) is 0 Å². The second kappa shape index (κ2) is 6.14. The van der Waals surface area contributed by atoms with Crippen LogP contribution in [0.3, 0.4) is 0 Å². The summed E-state index contributed by atoms with van der Waals surface area (Å²) >= 11 is 0. The number of hydrogen-bond donors (Lipinski definition) is 2. The van der Waals surface area contributed by atoms with Gasteiger partial charge in [-0.1, -0.05) is 30.3 Å². The summed E-state index contributed by atoms with van der Waals surface area (Å²) in [5.74, 6) is 0.402. The highest BCUT2D eigenvalue weighted by Crippen LogP contribution is 2.30. The molecule has 0 unspecified atom stereocenters. The van der Waals surface area contributed by atoms with Crippen LogP contribution in [0.15, 0.2) is 47.4 Å². The number of benzene rings is 1. The average Bonchev–Trinajstić information content (AvgIpc) is 2.52. The van der Waals surface area contributed by atoms with Gasteiger partial charge in [-0.2, -0.15) is 0 Å². The Morgan fingerprint density at radius 2 is 1.86 bits per heavy atom. The Kier molecular flexibility index (Phi) is 4.06. The van der Waals surface area contributed by atoms with Crippen LogP contribution in [0.5, 0.6) is 0 Å². The summed E-state index contributed by atoms with van der Waals surface area (Å²) in [6.07, 6.45) is 3.81. The number of piperidine rings is 1. The molecule has 4 heteroatoms. The third kappa shape index (κ3) is 3.16. The van der Waals surface area contributed by atoms with Crippen molar-refractivity contribution >= 4 is 5.69 Å². The monoisotopic (exact) mass is 283 g/mol. The topological polar surface area (TPSA) is 62.1 Å². The van der Waals surface area contributed by atoms with E-state index in [1.54, 1.807) is 6.20 Å². The van der Waals surface area contributed by atoms with Crippen LogP contribution in [0.25, 0.3) is 0 Å². The van der Waals surface area contributed by atoms with Gasteiger partial charge in [-0.3, -0.25) is 9.69 Å². The molecule has 0 bridgehead atoms. The molecule has 0 aliphatic carbocycles. The summed E-state index contributed by atoms with van der Waals surface area (Å²) in [7, 11) is 0. The van der Waals surface area contributed by atoms with Crippen molar-refractivity contribution in [3.63, 3.8) is 0 Å². The zero-order chi connectivity index (χ0) is 14.7. The fourth-order valence-electron chi connectivity index (χ4n) is 3.11. The standard InChI is InChI=1S/C17H21N3O/c18-16-15(6-9-19-17(16)21)14-7-10-20(11-8-14)12-13-4-2-1-3-5-13/h1-6,9,14H,7-8,10-12,18H2,(H,19,21). The molecule has 1 saturated heterocycles. The number of nitrogens with one attached hydrogen (secondary N) is 1. The minimum atomic E-state index is -0.167. The largest absolute Gasteiger partial charge is 0.394 e. The predicted molar refractivity (Wildman–Crippen MR) is 85.2 cm³/mol. The van der Waals surface area contributed by atoms with Crippen LogP contribution in [-0.4, -0.2) is 23.0 Å². The lowest BCUT2D eigenvalue weighted by Gasteiger charge is -2.32. The first-order valence-electron chi connectivity index (χ1n) is 7.47. The Hall–Kier alpha value is -2.07. The number of anilines is 1. The molecular formula is C17H21N3O. The molecule has 0 atom stereocenters. The highest BCUT2D eigenvalue weighted by Gasteiger charge is 2.22. The van der Waals surface area contributed by atoms with E-state index in [9.17, 15) is 4.79 Å². The Morgan fingerprint density at radius 1 is 1.14 bits per heavy atom. The number of nitrogens with two attached hydrogens (primary N) is 1. The molecule has 1 fully saturated rings. The minimum absolute atomic E-state index is 0.167. The Bertz CT molecular complexity index is 643. The van der Waals surface area contributed by atoms with Crippen molar-refractivity contribution in [2.45, 2.75) is 25.3 Å². The molecular weight excluding hydrogens is 262 g/mol. The van der Waals surface area contributed by atoms with Crippen molar-refractivity contribution in [2.75, 3.05) is 18.8 Å². The number of nitrogen functional groups attached to an aromatic ring is 1. The molecule has 1 aromatic heterocycles. The maximum Gasteiger partial charge on any atom is 0.271 e. The number of aromatic amines is 1. The summed E-state index contributed by atoms with van der Waals surface area (Å²) < 4.78 is 0. The predicted octanol–water partition coefficient (Wildman–Crippen LogP) is 2.34. The average molecular weight is 283 g/mol. The summed E-state index contributed by atoms with van der Waals surface area (Å²) in [5.41, 5.74) is 8.50. The van der Waals surface area contributed by atoms with Crippen molar-refractivity contribution in [1.82, 2.24) is 9.88 Å². The highest BCUT2D eigenvalue weighted by atomic mass is 16.1. The quantitative estimate of drug-likeness (QED) is 0.909. The molecule has 3 N–H and O–H groups in total. The van der Waals surface area contributed by atoms with Gasteiger partial charge in [0.25, 0.3) is 5.56 Å². The molecule has 0 spiro atoms. The Morgan fingerprint density at radius 3 is 2.57 bits per heavy atom. The number of hydrogen-bond acceptors (Lipinski definition) is 3. The summed E-state index contributed by atoms with van der Waals surface area (Å²) in [5, 5.41) is 0. The van der Waals surface area contributed by atoms with Crippen LogP contribution in [0.4, 0.5) is 5.69 Å². The molecule has 2 heterocycles. The van der Waals surface area contributed by atoms with E-state index in [1.807, 2.05) is 12.1 Å². The third-order valence-corrected chi connectivity index (χ3v) is 4.31. The number of aromatic nitrogens is 1. The van der Waals surface area contributed by atoms with Gasteiger partial charge in [0.05, 0.1) is 0 Å². The Balaban J connectivity index is 1.63. The first-order valence-corrected chi connectivity index (χ1v) is 7.47. The van der Waals surface area contributed by atoms with E-state index in [0.717, 1.165) is 38.0 Å². The van der Waals surface area contributed by atoms with Crippen LogP contribution in [0.1, 0.15) is 29.9 Å². The molecule has 4 nitrogen and oxygen atoms in total. The second-order valence-electron chi connectivity index (χ2n) is 5.71. The summed E-state index contributed by atoms with van der Waals surface area (Å²) in [6, 6.07) is 12.5. The van der Waals surface area contributed by atoms with Crippen molar-refractivity contribution < 1.29 is 0 Å². The molecule has 0 saturated carbocycles. The molecule has 3 rings (SSSR count). The number of rotatable bonds is 3. The van der Waals surface area contributed by atoms with Crippen molar-refractivity contribution in [3.05, 3.63) is 64.1 Å². The van der Waals surface area contributed by atoms with Crippen LogP contribution in [-0.2, 0) is 6.54 Å². The van der Waals surface area contributed by atoms with Crippen LogP contribution in [0.2, 0.25) is 0 Å². The number of nitrogens with zero attached hydrogens (tertiary/aromatic N) is 1.